The van der Waals surface area contributed by atoms with Crippen LogP contribution in [-0.4, -0.2) is 11.2 Å². The van der Waals surface area contributed by atoms with E-state index < -0.39 is 0 Å². The van der Waals surface area contributed by atoms with Crippen LogP contribution in [0.5, 0.6) is 0 Å². The van der Waals surface area contributed by atoms with Crippen LogP contribution in [0.15, 0.2) is 28.7 Å². The summed E-state index contributed by atoms with van der Waals surface area (Å²) in [6, 6.07) is 8.09. The largest absolute Gasteiger partial charge is 0.393 e. The minimum atomic E-state index is -0.195. The van der Waals surface area contributed by atoms with Gasteiger partial charge < -0.3 is 5.11 Å². The van der Waals surface area contributed by atoms with Gasteiger partial charge in [-0.15, -0.1) is 0 Å². The molecular formula is C11H15BrO. The Hall–Kier alpha value is -0.340. The van der Waals surface area contributed by atoms with Crippen molar-refractivity contribution in [3.63, 3.8) is 0 Å². The molecule has 1 nitrogen and oxygen atoms in total. The molecule has 1 N–H and O–H groups in total. The van der Waals surface area contributed by atoms with Gasteiger partial charge in [0.2, 0.25) is 0 Å². The van der Waals surface area contributed by atoms with Gasteiger partial charge in [-0.25, -0.2) is 0 Å². The average molecular weight is 243 g/mol. The second-order valence-corrected chi connectivity index (χ2v) is 4.19. The first-order valence-corrected chi connectivity index (χ1v) is 5.44. The van der Waals surface area contributed by atoms with E-state index in [2.05, 4.69) is 28.9 Å². The lowest BCUT2D eigenvalue weighted by Crippen LogP contribution is -2.09. The van der Waals surface area contributed by atoms with Crippen molar-refractivity contribution in [2.45, 2.75) is 32.3 Å². The summed E-state index contributed by atoms with van der Waals surface area (Å²) >= 11 is 3.41. The number of hydrogen-bond acceptors (Lipinski definition) is 1. The highest BCUT2D eigenvalue weighted by molar-refractivity contribution is 9.10. The molecule has 2 heteroatoms. The van der Waals surface area contributed by atoms with Crippen molar-refractivity contribution in [2.75, 3.05) is 0 Å². The molecule has 0 amide bonds. The summed E-state index contributed by atoms with van der Waals surface area (Å²) < 4.78 is 1.08. The van der Waals surface area contributed by atoms with E-state index in [0.717, 1.165) is 23.7 Å². The van der Waals surface area contributed by atoms with Gasteiger partial charge in [-0.1, -0.05) is 41.4 Å². The van der Waals surface area contributed by atoms with E-state index in [0.29, 0.717) is 0 Å². The standard InChI is InChI=1S/C11H15BrO/c1-2-4-11(13)8-9-5-3-6-10(12)7-9/h3,5-7,11,13H,2,4,8H2,1H3/t11-/m0/s1. The van der Waals surface area contributed by atoms with Crippen LogP contribution in [-0.2, 0) is 6.42 Å². The van der Waals surface area contributed by atoms with Crippen LogP contribution in [0.4, 0.5) is 0 Å². The third-order valence-electron chi connectivity index (χ3n) is 1.98. The van der Waals surface area contributed by atoms with Crippen molar-refractivity contribution in [1.29, 1.82) is 0 Å². The Morgan fingerprint density at radius 1 is 1.46 bits per heavy atom. The summed E-state index contributed by atoms with van der Waals surface area (Å²) in [5.41, 5.74) is 1.19. The predicted octanol–water partition coefficient (Wildman–Crippen LogP) is 3.15. The van der Waals surface area contributed by atoms with E-state index >= 15 is 0 Å². The highest BCUT2D eigenvalue weighted by Crippen LogP contribution is 2.14. The Morgan fingerprint density at radius 3 is 2.85 bits per heavy atom. The molecule has 0 unspecified atom stereocenters. The second-order valence-electron chi connectivity index (χ2n) is 3.28. The van der Waals surface area contributed by atoms with Crippen molar-refractivity contribution in [1.82, 2.24) is 0 Å². The van der Waals surface area contributed by atoms with E-state index in [1.165, 1.54) is 5.56 Å². The van der Waals surface area contributed by atoms with Crippen LogP contribution in [0.3, 0.4) is 0 Å². The molecule has 1 aromatic carbocycles. The highest BCUT2D eigenvalue weighted by atomic mass is 79.9. The molecule has 0 heterocycles. The number of benzene rings is 1. The highest BCUT2D eigenvalue weighted by Gasteiger charge is 2.03. The molecule has 0 saturated carbocycles. The molecule has 72 valence electrons. The van der Waals surface area contributed by atoms with Gasteiger partial charge in [-0.3, -0.25) is 0 Å². The van der Waals surface area contributed by atoms with Gasteiger partial charge in [0.05, 0.1) is 6.10 Å². The molecule has 0 fully saturated rings. The van der Waals surface area contributed by atoms with Crippen molar-refractivity contribution in [3.05, 3.63) is 34.3 Å². The maximum Gasteiger partial charge on any atom is 0.0580 e. The third-order valence-corrected chi connectivity index (χ3v) is 2.48. The van der Waals surface area contributed by atoms with Crippen LogP contribution >= 0.6 is 15.9 Å². The van der Waals surface area contributed by atoms with Gasteiger partial charge in [-0.05, 0) is 30.5 Å². The summed E-state index contributed by atoms with van der Waals surface area (Å²) in [4.78, 5) is 0. The fourth-order valence-electron chi connectivity index (χ4n) is 1.37. The molecular weight excluding hydrogens is 228 g/mol. The van der Waals surface area contributed by atoms with Crippen molar-refractivity contribution in [2.24, 2.45) is 0 Å². The third kappa shape index (κ3) is 3.92. The molecule has 0 radical (unpaired) electrons. The Balaban J connectivity index is 2.53. The lowest BCUT2D eigenvalue weighted by atomic mass is 10.1. The number of aliphatic hydroxyl groups is 1. The smallest absolute Gasteiger partial charge is 0.0580 e. The number of rotatable bonds is 4. The average Bonchev–Trinajstić information content (AvgIpc) is 2.04. The second kappa shape index (κ2) is 5.40. The Labute approximate surface area is 87.9 Å². The monoisotopic (exact) mass is 242 g/mol. The summed E-state index contributed by atoms with van der Waals surface area (Å²) in [5.74, 6) is 0. The molecule has 13 heavy (non-hydrogen) atoms. The SMILES string of the molecule is CCC[C@H](O)Cc1cccc(Br)c1. The maximum absolute atomic E-state index is 9.58. The summed E-state index contributed by atoms with van der Waals surface area (Å²) in [5, 5.41) is 9.58. The van der Waals surface area contributed by atoms with Gasteiger partial charge >= 0.3 is 0 Å². The first kappa shape index (κ1) is 10.7. The van der Waals surface area contributed by atoms with Crippen molar-refractivity contribution in [3.8, 4) is 0 Å². The molecule has 0 aliphatic rings. The van der Waals surface area contributed by atoms with Gasteiger partial charge in [0.1, 0.15) is 0 Å². The molecule has 0 aliphatic carbocycles. The lowest BCUT2D eigenvalue weighted by Gasteiger charge is -2.08. The summed E-state index contributed by atoms with van der Waals surface area (Å²) in [6.07, 6.45) is 2.48. The van der Waals surface area contributed by atoms with Crippen molar-refractivity contribution < 1.29 is 5.11 Å². The molecule has 0 bridgehead atoms. The lowest BCUT2D eigenvalue weighted by molar-refractivity contribution is 0.164. The number of halogens is 1. The zero-order valence-electron chi connectivity index (χ0n) is 7.83. The molecule has 0 saturated heterocycles. The zero-order valence-corrected chi connectivity index (χ0v) is 9.42. The minimum absolute atomic E-state index is 0.195. The van der Waals surface area contributed by atoms with Gasteiger partial charge in [0, 0.05) is 4.47 Å². The predicted molar refractivity (Wildman–Crippen MR) is 58.8 cm³/mol. The minimum Gasteiger partial charge on any atom is -0.393 e. The molecule has 0 aliphatic heterocycles. The first-order chi connectivity index (χ1) is 6.22. The maximum atomic E-state index is 9.58. The Bertz CT molecular complexity index is 260. The quantitative estimate of drug-likeness (QED) is 0.861. The summed E-state index contributed by atoms with van der Waals surface area (Å²) in [6.45, 7) is 2.09. The first-order valence-electron chi connectivity index (χ1n) is 4.65. The number of aliphatic hydroxyl groups excluding tert-OH is 1. The molecule has 1 atom stereocenters. The Morgan fingerprint density at radius 2 is 2.23 bits per heavy atom. The normalized spacial score (nSPS) is 12.8. The van der Waals surface area contributed by atoms with E-state index in [4.69, 9.17) is 0 Å². The molecule has 0 spiro atoms. The van der Waals surface area contributed by atoms with E-state index in [1.54, 1.807) is 0 Å². The number of hydrogen-bond donors (Lipinski definition) is 1. The molecule has 1 aromatic rings. The fourth-order valence-corrected chi connectivity index (χ4v) is 1.82. The van der Waals surface area contributed by atoms with Gasteiger partial charge in [-0.2, -0.15) is 0 Å². The topological polar surface area (TPSA) is 20.2 Å². The van der Waals surface area contributed by atoms with Crippen LogP contribution in [0, 0.1) is 0 Å². The molecule has 0 aromatic heterocycles. The van der Waals surface area contributed by atoms with Crippen molar-refractivity contribution >= 4 is 15.9 Å². The molecule has 1 rings (SSSR count). The van der Waals surface area contributed by atoms with Crippen LogP contribution in [0.2, 0.25) is 0 Å². The van der Waals surface area contributed by atoms with Crippen LogP contribution < -0.4 is 0 Å². The Kier molecular flexibility index (Phi) is 4.46. The van der Waals surface area contributed by atoms with Gasteiger partial charge in [0.25, 0.3) is 0 Å². The van der Waals surface area contributed by atoms with Crippen LogP contribution in [0.25, 0.3) is 0 Å². The van der Waals surface area contributed by atoms with Gasteiger partial charge in [0.15, 0.2) is 0 Å². The zero-order chi connectivity index (χ0) is 9.68. The summed E-state index contributed by atoms with van der Waals surface area (Å²) in [7, 11) is 0. The van der Waals surface area contributed by atoms with E-state index in [9.17, 15) is 5.11 Å². The van der Waals surface area contributed by atoms with Crippen LogP contribution in [0.1, 0.15) is 25.3 Å². The van der Waals surface area contributed by atoms with E-state index in [-0.39, 0.29) is 6.10 Å². The van der Waals surface area contributed by atoms with E-state index in [1.807, 2.05) is 18.2 Å². The fraction of sp³-hybridized carbons (Fsp3) is 0.455.